The highest BCUT2D eigenvalue weighted by molar-refractivity contribution is 7.14. The van der Waals surface area contributed by atoms with Crippen LogP contribution < -0.4 is 0 Å². The molecule has 0 aliphatic rings. The Labute approximate surface area is 120 Å². The Balaban J connectivity index is 2.27. The molecule has 3 nitrogen and oxygen atoms in total. The van der Waals surface area contributed by atoms with Crippen LogP contribution in [0.2, 0.25) is 0 Å². The third-order valence-electron chi connectivity index (χ3n) is 2.77. The number of hydrogen-bond donors (Lipinski definition) is 0. The van der Waals surface area contributed by atoms with Gasteiger partial charge in [-0.15, -0.1) is 11.3 Å². The molecule has 0 N–H and O–H groups in total. The summed E-state index contributed by atoms with van der Waals surface area (Å²) in [4.78, 5) is 25.1. The predicted octanol–water partition coefficient (Wildman–Crippen LogP) is 3.41. The van der Waals surface area contributed by atoms with Gasteiger partial charge in [0.1, 0.15) is 5.82 Å². The van der Waals surface area contributed by atoms with Gasteiger partial charge in [0.05, 0.1) is 17.6 Å². The number of ketones is 1. The fraction of sp³-hybridized carbons (Fsp3) is 0.200. The second-order valence-electron chi connectivity index (χ2n) is 4.32. The molecule has 1 aromatic heterocycles. The van der Waals surface area contributed by atoms with Gasteiger partial charge in [-0.1, -0.05) is 12.1 Å². The molecule has 2 rings (SSSR count). The number of aryl methyl sites for hydroxylation is 1. The van der Waals surface area contributed by atoms with Crippen LogP contribution in [0.4, 0.5) is 4.39 Å². The summed E-state index contributed by atoms with van der Waals surface area (Å²) in [6.07, 6.45) is 0.0572. The number of Topliss-reactive ketones (excluding diaryl/α,β-unsaturated/α-hetero) is 1. The lowest BCUT2D eigenvalue weighted by atomic mass is 10.1. The number of ether oxygens (including phenoxy) is 1. The van der Waals surface area contributed by atoms with Crippen molar-refractivity contribution in [3.63, 3.8) is 0 Å². The van der Waals surface area contributed by atoms with Gasteiger partial charge in [-0.05, 0) is 30.7 Å². The average Bonchev–Trinajstić information content (AvgIpc) is 2.80. The number of benzene rings is 1. The zero-order valence-corrected chi connectivity index (χ0v) is 11.9. The van der Waals surface area contributed by atoms with Crippen LogP contribution in [-0.4, -0.2) is 18.9 Å². The zero-order chi connectivity index (χ0) is 14.7. The molecule has 0 saturated heterocycles. The summed E-state index contributed by atoms with van der Waals surface area (Å²) < 4.78 is 17.8. The topological polar surface area (TPSA) is 43.4 Å². The Morgan fingerprint density at radius 1 is 1.30 bits per heavy atom. The summed E-state index contributed by atoms with van der Waals surface area (Å²) in [5.41, 5.74) is 0.855. The van der Waals surface area contributed by atoms with Gasteiger partial charge in [0.25, 0.3) is 0 Å². The number of carbonyl (C=O) groups is 2. The molecule has 2 aromatic rings. The molecule has 5 heteroatoms. The Morgan fingerprint density at radius 2 is 2.05 bits per heavy atom. The maximum atomic E-state index is 13.1. The lowest BCUT2D eigenvalue weighted by Gasteiger charge is -2.02. The Morgan fingerprint density at radius 3 is 2.70 bits per heavy atom. The number of methoxy groups -OCH3 is 1. The first-order chi connectivity index (χ1) is 9.51. The third-order valence-corrected chi connectivity index (χ3v) is 3.86. The molecule has 0 amide bonds. The SMILES string of the molecule is COC(=O)c1cc(C)sc1C(=O)Cc1cccc(F)c1. The Hall–Kier alpha value is -2.01. The minimum atomic E-state index is -0.531. The molecule has 0 atom stereocenters. The van der Waals surface area contributed by atoms with E-state index in [9.17, 15) is 14.0 Å². The highest BCUT2D eigenvalue weighted by atomic mass is 32.1. The van der Waals surface area contributed by atoms with Crippen LogP contribution in [0, 0.1) is 12.7 Å². The summed E-state index contributed by atoms with van der Waals surface area (Å²) in [5, 5.41) is 0. The smallest absolute Gasteiger partial charge is 0.339 e. The molecule has 104 valence electrons. The molecule has 0 spiro atoms. The lowest BCUT2D eigenvalue weighted by Crippen LogP contribution is -2.09. The van der Waals surface area contributed by atoms with Crippen molar-refractivity contribution in [3.05, 3.63) is 57.0 Å². The number of esters is 1. The van der Waals surface area contributed by atoms with Gasteiger partial charge in [-0.2, -0.15) is 0 Å². The summed E-state index contributed by atoms with van der Waals surface area (Å²) >= 11 is 1.25. The monoisotopic (exact) mass is 292 g/mol. The first-order valence-corrected chi connectivity index (χ1v) is 6.79. The van der Waals surface area contributed by atoms with Crippen LogP contribution in [0.3, 0.4) is 0 Å². The number of carbonyl (C=O) groups excluding carboxylic acids is 2. The van der Waals surface area contributed by atoms with E-state index >= 15 is 0 Å². The van der Waals surface area contributed by atoms with E-state index in [0.29, 0.717) is 10.4 Å². The van der Waals surface area contributed by atoms with E-state index in [0.717, 1.165) is 4.88 Å². The van der Waals surface area contributed by atoms with Gasteiger partial charge in [0.15, 0.2) is 5.78 Å². The van der Waals surface area contributed by atoms with Crippen molar-refractivity contribution in [2.24, 2.45) is 0 Å². The summed E-state index contributed by atoms with van der Waals surface area (Å²) in [5.74, 6) is -1.13. The maximum Gasteiger partial charge on any atom is 0.339 e. The van der Waals surface area contributed by atoms with Gasteiger partial charge in [0, 0.05) is 11.3 Å². The standard InChI is InChI=1S/C15H13FO3S/c1-9-6-12(15(18)19-2)14(20-9)13(17)8-10-4-3-5-11(16)7-10/h3-7H,8H2,1-2H3. The fourth-order valence-electron chi connectivity index (χ4n) is 1.90. The molecule has 0 aliphatic heterocycles. The van der Waals surface area contributed by atoms with Crippen molar-refractivity contribution in [2.75, 3.05) is 7.11 Å². The quantitative estimate of drug-likeness (QED) is 0.640. The molecule has 1 heterocycles. The molecular weight excluding hydrogens is 279 g/mol. The normalized spacial score (nSPS) is 10.3. The highest BCUT2D eigenvalue weighted by Gasteiger charge is 2.21. The van der Waals surface area contributed by atoms with E-state index in [4.69, 9.17) is 0 Å². The van der Waals surface area contributed by atoms with Crippen LogP contribution in [-0.2, 0) is 11.2 Å². The first kappa shape index (κ1) is 14.4. The second kappa shape index (κ2) is 5.96. The zero-order valence-electron chi connectivity index (χ0n) is 11.1. The molecule has 1 aromatic carbocycles. The van der Waals surface area contributed by atoms with E-state index in [-0.39, 0.29) is 23.6 Å². The lowest BCUT2D eigenvalue weighted by molar-refractivity contribution is 0.0598. The van der Waals surface area contributed by atoms with Crippen LogP contribution in [0.25, 0.3) is 0 Å². The largest absolute Gasteiger partial charge is 0.465 e. The van der Waals surface area contributed by atoms with Crippen LogP contribution in [0.15, 0.2) is 30.3 Å². The van der Waals surface area contributed by atoms with Gasteiger partial charge in [0.2, 0.25) is 0 Å². The van der Waals surface area contributed by atoms with Crippen molar-refractivity contribution >= 4 is 23.1 Å². The van der Waals surface area contributed by atoms with E-state index in [1.165, 1.54) is 30.6 Å². The average molecular weight is 292 g/mol. The van der Waals surface area contributed by atoms with Crippen LogP contribution in [0.5, 0.6) is 0 Å². The third kappa shape index (κ3) is 3.11. The van der Waals surface area contributed by atoms with E-state index in [2.05, 4.69) is 4.74 Å². The fourth-order valence-corrected chi connectivity index (χ4v) is 2.83. The minimum Gasteiger partial charge on any atom is -0.465 e. The number of halogens is 1. The second-order valence-corrected chi connectivity index (χ2v) is 5.58. The summed E-state index contributed by atoms with van der Waals surface area (Å²) in [6, 6.07) is 7.51. The number of rotatable bonds is 4. The van der Waals surface area contributed by atoms with E-state index in [1.54, 1.807) is 18.2 Å². The predicted molar refractivity (Wildman–Crippen MR) is 74.8 cm³/mol. The van der Waals surface area contributed by atoms with Crippen molar-refractivity contribution in [1.82, 2.24) is 0 Å². The molecule has 0 saturated carbocycles. The van der Waals surface area contributed by atoms with Crippen LogP contribution in [0.1, 0.15) is 30.5 Å². The van der Waals surface area contributed by atoms with Gasteiger partial charge >= 0.3 is 5.97 Å². The molecule has 0 fully saturated rings. The first-order valence-electron chi connectivity index (χ1n) is 5.97. The minimum absolute atomic E-state index is 0.0572. The van der Waals surface area contributed by atoms with Crippen molar-refractivity contribution in [1.29, 1.82) is 0 Å². The molecule has 0 unspecified atom stereocenters. The number of hydrogen-bond acceptors (Lipinski definition) is 4. The van der Waals surface area contributed by atoms with E-state index in [1.807, 2.05) is 6.92 Å². The number of thiophene rings is 1. The van der Waals surface area contributed by atoms with Crippen molar-refractivity contribution in [3.8, 4) is 0 Å². The Bertz CT molecular complexity index is 661. The molecule has 0 radical (unpaired) electrons. The van der Waals surface area contributed by atoms with Crippen molar-refractivity contribution < 1.29 is 18.7 Å². The molecular formula is C15H13FO3S. The van der Waals surface area contributed by atoms with Gasteiger partial charge in [-0.25, -0.2) is 9.18 Å². The Kier molecular flexibility index (Phi) is 4.29. The van der Waals surface area contributed by atoms with Gasteiger partial charge < -0.3 is 4.74 Å². The van der Waals surface area contributed by atoms with Crippen LogP contribution >= 0.6 is 11.3 Å². The van der Waals surface area contributed by atoms with E-state index < -0.39 is 5.97 Å². The highest BCUT2D eigenvalue weighted by Crippen LogP contribution is 2.24. The maximum absolute atomic E-state index is 13.1. The summed E-state index contributed by atoms with van der Waals surface area (Å²) in [7, 11) is 1.27. The summed E-state index contributed by atoms with van der Waals surface area (Å²) in [6.45, 7) is 1.82. The molecule has 0 aliphatic carbocycles. The molecule has 0 bridgehead atoms. The van der Waals surface area contributed by atoms with Crippen molar-refractivity contribution in [2.45, 2.75) is 13.3 Å². The van der Waals surface area contributed by atoms with Gasteiger partial charge in [-0.3, -0.25) is 4.79 Å². The molecule has 20 heavy (non-hydrogen) atoms.